The Bertz CT molecular complexity index is 384. The van der Waals surface area contributed by atoms with Crippen LogP contribution in [0.2, 0.25) is 0 Å². The molecule has 4 nitrogen and oxygen atoms in total. The first-order chi connectivity index (χ1) is 9.17. The third kappa shape index (κ3) is 5.87. The van der Waals surface area contributed by atoms with Crippen LogP contribution in [0, 0.1) is 0 Å². The van der Waals surface area contributed by atoms with Gasteiger partial charge >= 0.3 is 0 Å². The average molecular weight is 266 g/mol. The lowest BCUT2D eigenvalue weighted by molar-refractivity contribution is 0.0848. The average Bonchev–Trinajstić information content (AvgIpc) is 2.44. The number of hydrogen-bond acceptors (Lipinski definition) is 4. The summed E-state index contributed by atoms with van der Waals surface area (Å²) in [5, 5.41) is 18.5. The maximum Gasteiger partial charge on any atom is 0.118 e. The molecule has 2 N–H and O–H groups in total. The first-order valence-electron chi connectivity index (χ1n) is 6.33. The van der Waals surface area contributed by atoms with Crippen LogP contribution in [0.4, 0.5) is 0 Å². The molecule has 0 aromatic heterocycles. The van der Waals surface area contributed by atoms with Crippen LogP contribution >= 0.6 is 0 Å². The van der Waals surface area contributed by atoms with Crippen molar-refractivity contribution in [2.75, 3.05) is 20.3 Å². The van der Waals surface area contributed by atoms with Gasteiger partial charge in [-0.1, -0.05) is 18.2 Å². The molecule has 0 unspecified atom stereocenters. The van der Waals surface area contributed by atoms with E-state index in [1.807, 2.05) is 24.3 Å². The minimum absolute atomic E-state index is 0.0460. The van der Waals surface area contributed by atoms with Gasteiger partial charge < -0.3 is 19.7 Å². The predicted molar refractivity (Wildman–Crippen MR) is 74.1 cm³/mol. The summed E-state index contributed by atoms with van der Waals surface area (Å²) in [5.41, 5.74) is 1.84. The second-order valence-electron chi connectivity index (χ2n) is 4.34. The number of rotatable bonds is 8. The minimum Gasteiger partial charge on any atom is -0.497 e. The lowest BCUT2D eigenvalue weighted by Gasteiger charge is -2.11. The molecule has 1 rings (SSSR count). The van der Waals surface area contributed by atoms with Gasteiger partial charge in [-0.25, -0.2) is 0 Å². The second kappa shape index (κ2) is 8.69. The Labute approximate surface area is 114 Å². The van der Waals surface area contributed by atoms with Crippen molar-refractivity contribution in [2.45, 2.75) is 26.1 Å². The fourth-order valence-electron chi connectivity index (χ4n) is 1.61. The highest BCUT2D eigenvalue weighted by Gasteiger charge is 2.05. The Morgan fingerprint density at radius 2 is 2.00 bits per heavy atom. The molecule has 0 fully saturated rings. The summed E-state index contributed by atoms with van der Waals surface area (Å²) in [7, 11) is 1.63. The van der Waals surface area contributed by atoms with Crippen LogP contribution in [0.25, 0.3) is 0 Å². The monoisotopic (exact) mass is 266 g/mol. The molecular formula is C15H22O4. The molecule has 106 valence electrons. The van der Waals surface area contributed by atoms with Crippen LogP contribution in [0.1, 0.15) is 18.9 Å². The number of methoxy groups -OCH3 is 1. The molecule has 0 radical (unpaired) electrons. The molecule has 0 bridgehead atoms. The fraction of sp³-hybridized carbons (Fsp3) is 0.467. The lowest BCUT2D eigenvalue weighted by Crippen LogP contribution is -2.12. The topological polar surface area (TPSA) is 58.9 Å². The van der Waals surface area contributed by atoms with Gasteiger partial charge in [-0.2, -0.15) is 0 Å². The molecule has 1 aromatic carbocycles. The molecular weight excluding hydrogens is 244 g/mol. The van der Waals surface area contributed by atoms with Gasteiger partial charge in [-0.15, -0.1) is 0 Å². The predicted octanol–water partition coefficient (Wildman–Crippen LogP) is 1.90. The van der Waals surface area contributed by atoms with Crippen LogP contribution in [0.15, 0.2) is 35.9 Å². The van der Waals surface area contributed by atoms with Crippen LogP contribution in [0.5, 0.6) is 5.75 Å². The fourth-order valence-corrected chi connectivity index (χ4v) is 1.61. The van der Waals surface area contributed by atoms with Gasteiger partial charge in [0, 0.05) is 13.0 Å². The maximum atomic E-state index is 9.74. The summed E-state index contributed by atoms with van der Waals surface area (Å²) >= 11 is 0. The molecule has 0 aliphatic heterocycles. The van der Waals surface area contributed by atoms with Gasteiger partial charge in [0.2, 0.25) is 0 Å². The molecule has 1 aromatic rings. The van der Waals surface area contributed by atoms with E-state index < -0.39 is 6.10 Å². The van der Waals surface area contributed by atoms with E-state index in [9.17, 15) is 5.11 Å². The smallest absolute Gasteiger partial charge is 0.118 e. The SMILES string of the molecule is COc1ccc(COCC[C@H](O)/C(C)=C/CO)cc1. The normalized spacial score (nSPS) is 13.4. The van der Waals surface area contributed by atoms with E-state index in [4.69, 9.17) is 14.6 Å². The molecule has 0 heterocycles. The molecule has 1 atom stereocenters. The van der Waals surface area contributed by atoms with E-state index >= 15 is 0 Å². The number of hydrogen-bond donors (Lipinski definition) is 2. The largest absolute Gasteiger partial charge is 0.497 e. The Morgan fingerprint density at radius 3 is 2.58 bits per heavy atom. The Kier molecular flexibility index (Phi) is 7.18. The quantitative estimate of drug-likeness (QED) is 0.557. The Hall–Kier alpha value is -1.36. The Balaban J connectivity index is 2.25. The third-order valence-electron chi connectivity index (χ3n) is 2.90. The minimum atomic E-state index is -0.553. The van der Waals surface area contributed by atoms with Gasteiger partial charge in [0.1, 0.15) is 5.75 Å². The van der Waals surface area contributed by atoms with Gasteiger partial charge in [0.25, 0.3) is 0 Å². The van der Waals surface area contributed by atoms with E-state index in [-0.39, 0.29) is 6.61 Å². The summed E-state index contributed by atoms with van der Waals surface area (Å²) in [4.78, 5) is 0. The van der Waals surface area contributed by atoms with Crippen molar-refractivity contribution < 1.29 is 19.7 Å². The van der Waals surface area contributed by atoms with Gasteiger partial charge in [0.15, 0.2) is 0 Å². The summed E-state index contributed by atoms with van der Waals surface area (Å²) < 4.78 is 10.6. The van der Waals surface area contributed by atoms with E-state index in [1.165, 1.54) is 0 Å². The standard InChI is InChI=1S/C15H22O4/c1-12(7-9-16)15(17)8-10-19-11-13-3-5-14(18-2)6-4-13/h3-7,15-17H,8-11H2,1-2H3/b12-7+/t15-/m0/s1. The van der Waals surface area contributed by atoms with Crippen molar-refractivity contribution >= 4 is 0 Å². The molecule has 0 spiro atoms. The van der Waals surface area contributed by atoms with E-state index in [0.717, 1.165) is 16.9 Å². The highest BCUT2D eigenvalue weighted by molar-refractivity contribution is 5.26. The van der Waals surface area contributed by atoms with E-state index in [0.29, 0.717) is 19.6 Å². The second-order valence-corrected chi connectivity index (χ2v) is 4.34. The highest BCUT2D eigenvalue weighted by atomic mass is 16.5. The maximum absolute atomic E-state index is 9.74. The lowest BCUT2D eigenvalue weighted by atomic mass is 10.1. The Morgan fingerprint density at radius 1 is 1.32 bits per heavy atom. The van der Waals surface area contributed by atoms with Crippen molar-refractivity contribution in [2.24, 2.45) is 0 Å². The van der Waals surface area contributed by atoms with E-state index in [1.54, 1.807) is 20.1 Å². The number of benzene rings is 1. The summed E-state index contributed by atoms with van der Waals surface area (Å²) in [5.74, 6) is 0.823. The molecule has 0 saturated heterocycles. The molecule has 0 amide bonds. The zero-order valence-corrected chi connectivity index (χ0v) is 11.5. The van der Waals surface area contributed by atoms with Crippen molar-refractivity contribution in [3.8, 4) is 5.75 Å². The summed E-state index contributed by atoms with van der Waals surface area (Å²) in [6.45, 7) is 2.74. The third-order valence-corrected chi connectivity index (χ3v) is 2.90. The number of aliphatic hydroxyl groups excluding tert-OH is 2. The molecule has 0 aliphatic rings. The summed E-state index contributed by atoms with van der Waals surface area (Å²) in [6.07, 6.45) is 1.58. The number of aliphatic hydroxyl groups is 2. The van der Waals surface area contributed by atoms with Crippen LogP contribution in [0.3, 0.4) is 0 Å². The van der Waals surface area contributed by atoms with Crippen LogP contribution in [-0.4, -0.2) is 36.6 Å². The van der Waals surface area contributed by atoms with Gasteiger partial charge in [-0.05, 0) is 30.2 Å². The number of ether oxygens (including phenoxy) is 2. The molecule has 0 aliphatic carbocycles. The van der Waals surface area contributed by atoms with Crippen molar-refractivity contribution in [3.63, 3.8) is 0 Å². The highest BCUT2D eigenvalue weighted by Crippen LogP contribution is 2.12. The van der Waals surface area contributed by atoms with Crippen molar-refractivity contribution in [3.05, 3.63) is 41.5 Å². The van der Waals surface area contributed by atoms with Crippen molar-refractivity contribution in [1.82, 2.24) is 0 Å². The van der Waals surface area contributed by atoms with Crippen LogP contribution in [-0.2, 0) is 11.3 Å². The van der Waals surface area contributed by atoms with Crippen molar-refractivity contribution in [1.29, 1.82) is 0 Å². The van der Waals surface area contributed by atoms with E-state index in [2.05, 4.69) is 0 Å². The van der Waals surface area contributed by atoms with Gasteiger partial charge in [0.05, 0.1) is 26.4 Å². The first-order valence-corrected chi connectivity index (χ1v) is 6.33. The summed E-state index contributed by atoms with van der Waals surface area (Å²) in [6, 6.07) is 7.68. The molecule has 19 heavy (non-hydrogen) atoms. The first kappa shape index (κ1) is 15.7. The molecule has 0 saturated carbocycles. The van der Waals surface area contributed by atoms with Gasteiger partial charge in [-0.3, -0.25) is 0 Å². The zero-order chi connectivity index (χ0) is 14.1. The van der Waals surface area contributed by atoms with Crippen LogP contribution < -0.4 is 4.74 Å². The molecule has 4 heteroatoms. The zero-order valence-electron chi connectivity index (χ0n) is 11.5.